The summed E-state index contributed by atoms with van der Waals surface area (Å²) >= 11 is 1.02. The van der Waals surface area contributed by atoms with Gasteiger partial charge in [-0.1, -0.05) is 16.6 Å². The largest absolute Gasteiger partial charge is 0.478 e. The lowest BCUT2D eigenvalue weighted by molar-refractivity contribution is 0.0692. The Morgan fingerprint density at radius 3 is 2.53 bits per heavy atom. The Hall–Kier alpha value is -2.28. The highest BCUT2D eigenvalue weighted by Gasteiger charge is 2.16. The average molecular weight is 249 g/mol. The molecule has 0 aliphatic rings. The van der Waals surface area contributed by atoms with E-state index in [9.17, 15) is 9.59 Å². The SMILES string of the molecule is O=C(O)c1ccccc1C(=O)Nc1cnns1. The normalized spacial score (nSPS) is 9.88. The Kier molecular flexibility index (Phi) is 3.10. The second-order valence-corrected chi connectivity index (χ2v) is 3.87. The Bertz CT molecular complexity index is 554. The van der Waals surface area contributed by atoms with E-state index in [-0.39, 0.29) is 11.1 Å². The number of carbonyl (C=O) groups is 2. The lowest BCUT2D eigenvalue weighted by Gasteiger charge is -2.04. The zero-order valence-electron chi connectivity index (χ0n) is 8.45. The smallest absolute Gasteiger partial charge is 0.336 e. The predicted molar refractivity (Wildman–Crippen MR) is 61.3 cm³/mol. The third-order valence-corrected chi connectivity index (χ3v) is 2.58. The molecule has 86 valence electrons. The van der Waals surface area contributed by atoms with Crippen LogP contribution in [0.3, 0.4) is 0 Å². The maximum absolute atomic E-state index is 11.8. The van der Waals surface area contributed by atoms with Gasteiger partial charge in [-0.15, -0.1) is 5.10 Å². The lowest BCUT2D eigenvalue weighted by Crippen LogP contribution is -2.15. The quantitative estimate of drug-likeness (QED) is 0.859. The summed E-state index contributed by atoms with van der Waals surface area (Å²) in [6.07, 6.45) is 1.39. The highest BCUT2D eigenvalue weighted by molar-refractivity contribution is 7.10. The van der Waals surface area contributed by atoms with E-state index in [2.05, 4.69) is 14.9 Å². The number of nitrogens with zero attached hydrogens (tertiary/aromatic N) is 2. The van der Waals surface area contributed by atoms with Crippen molar-refractivity contribution < 1.29 is 14.7 Å². The van der Waals surface area contributed by atoms with E-state index >= 15 is 0 Å². The third kappa shape index (κ3) is 2.45. The van der Waals surface area contributed by atoms with Crippen molar-refractivity contribution >= 4 is 28.4 Å². The zero-order chi connectivity index (χ0) is 12.3. The van der Waals surface area contributed by atoms with Gasteiger partial charge in [-0.05, 0) is 12.1 Å². The molecule has 2 rings (SSSR count). The summed E-state index contributed by atoms with van der Waals surface area (Å²) in [7, 11) is 0. The van der Waals surface area contributed by atoms with Crippen molar-refractivity contribution in [1.29, 1.82) is 0 Å². The van der Waals surface area contributed by atoms with Gasteiger partial charge < -0.3 is 10.4 Å². The summed E-state index contributed by atoms with van der Waals surface area (Å²) < 4.78 is 3.59. The van der Waals surface area contributed by atoms with Gasteiger partial charge in [0.05, 0.1) is 17.3 Å². The van der Waals surface area contributed by atoms with Crippen molar-refractivity contribution in [3.8, 4) is 0 Å². The molecule has 0 aliphatic carbocycles. The van der Waals surface area contributed by atoms with Crippen LogP contribution >= 0.6 is 11.5 Å². The first kappa shape index (κ1) is 11.2. The molecule has 1 aromatic heterocycles. The Labute approximate surface area is 100 Å². The number of hydrogen-bond acceptors (Lipinski definition) is 5. The molecule has 1 amide bonds. The zero-order valence-corrected chi connectivity index (χ0v) is 9.27. The van der Waals surface area contributed by atoms with Crippen molar-refractivity contribution in [2.45, 2.75) is 0 Å². The highest BCUT2D eigenvalue weighted by atomic mass is 32.1. The fourth-order valence-corrected chi connectivity index (χ4v) is 1.68. The van der Waals surface area contributed by atoms with Gasteiger partial charge in [-0.25, -0.2) is 4.79 Å². The molecule has 0 fully saturated rings. The topological polar surface area (TPSA) is 92.2 Å². The second-order valence-electron chi connectivity index (χ2n) is 3.09. The molecule has 0 atom stereocenters. The molecule has 0 bridgehead atoms. The van der Waals surface area contributed by atoms with Crippen LogP contribution < -0.4 is 5.32 Å². The number of nitrogens with one attached hydrogen (secondary N) is 1. The van der Waals surface area contributed by atoms with Crippen LogP contribution in [0, 0.1) is 0 Å². The van der Waals surface area contributed by atoms with Gasteiger partial charge in [0.2, 0.25) is 0 Å². The van der Waals surface area contributed by atoms with Gasteiger partial charge >= 0.3 is 5.97 Å². The number of carboxylic acid groups (broad SMARTS) is 1. The van der Waals surface area contributed by atoms with E-state index in [4.69, 9.17) is 5.11 Å². The molecule has 0 spiro atoms. The fourth-order valence-electron chi connectivity index (χ4n) is 1.27. The summed E-state index contributed by atoms with van der Waals surface area (Å²) in [5.74, 6) is -1.63. The van der Waals surface area contributed by atoms with Crippen molar-refractivity contribution in [2.24, 2.45) is 0 Å². The summed E-state index contributed by atoms with van der Waals surface area (Å²) in [5, 5.41) is 15.5. The number of aromatic carboxylic acids is 1. The van der Waals surface area contributed by atoms with E-state index in [1.54, 1.807) is 12.1 Å². The molecule has 1 heterocycles. The molecule has 6 nitrogen and oxygen atoms in total. The van der Waals surface area contributed by atoms with Crippen LogP contribution in [-0.2, 0) is 0 Å². The average Bonchev–Trinajstić information content (AvgIpc) is 2.81. The van der Waals surface area contributed by atoms with Gasteiger partial charge in [0.15, 0.2) is 0 Å². The molecule has 0 saturated heterocycles. The summed E-state index contributed by atoms with van der Waals surface area (Å²) in [5.41, 5.74) is 0.0656. The number of carbonyl (C=O) groups excluding carboxylic acids is 1. The second kappa shape index (κ2) is 4.71. The first-order valence-corrected chi connectivity index (χ1v) is 5.37. The van der Waals surface area contributed by atoms with Crippen LogP contribution in [0.15, 0.2) is 30.5 Å². The maximum Gasteiger partial charge on any atom is 0.336 e. The van der Waals surface area contributed by atoms with Crippen LogP contribution in [0.5, 0.6) is 0 Å². The number of rotatable bonds is 3. The maximum atomic E-state index is 11.8. The molecule has 1 aromatic carbocycles. The van der Waals surface area contributed by atoms with E-state index in [1.807, 2.05) is 0 Å². The fraction of sp³-hybridized carbons (Fsp3) is 0. The van der Waals surface area contributed by atoms with Crippen LogP contribution in [0.25, 0.3) is 0 Å². The van der Waals surface area contributed by atoms with Crippen molar-refractivity contribution in [3.05, 3.63) is 41.6 Å². The van der Waals surface area contributed by atoms with Gasteiger partial charge in [0.1, 0.15) is 5.00 Å². The summed E-state index contributed by atoms with van der Waals surface area (Å²) in [6.45, 7) is 0. The van der Waals surface area contributed by atoms with Crippen LogP contribution in [0.4, 0.5) is 5.00 Å². The lowest BCUT2D eigenvalue weighted by atomic mass is 10.1. The number of carboxylic acids is 1. The van der Waals surface area contributed by atoms with Crippen LogP contribution in [0.2, 0.25) is 0 Å². The number of amides is 1. The van der Waals surface area contributed by atoms with Crippen molar-refractivity contribution in [3.63, 3.8) is 0 Å². The van der Waals surface area contributed by atoms with Crippen LogP contribution in [-0.4, -0.2) is 26.6 Å². The van der Waals surface area contributed by atoms with Crippen LogP contribution in [0.1, 0.15) is 20.7 Å². The van der Waals surface area contributed by atoms with Gasteiger partial charge in [-0.2, -0.15) is 0 Å². The first-order chi connectivity index (χ1) is 8.18. The number of benzene rings is 1. The number of anilines is 1. The molecule has 17 heavy (non-hydrogen) atoms. The molecule has 0 unspecified atom stereocenters. The minimum atomic E-state index is -1.14. The monoisotopic (exact) mass is 249 g/mol. The first-order valence-electron chi connectivity index (χ1n) is 4.59. The van der Waals surface area contributed by atoms with E-state index in [0.29, 0.717) is 5.00 Å². The molecular formula is C10H7N3O3S. The Morgan fingerprint density at radius 1 is 1.24 bits per heavy atom. The molecule has 0 radical (unpaired) electrons. The van der Waals surface area contributed by atoms with Gasteiger partial charge in [0, 0.05) is 11.5 Å². The molecule has 0 aliphatic heterocycles. The summed E-state index contributed by atoms with van der Waals surface area (Å²) in [4.78, 5) is 22.7. The minimum absolute atomic E-state index is 0.0394. The number of aromatic nitrogens is 2. The van der Waals surface area contributed by atoms with E-state index in [0.717, 1.165) is 11.5 Å². The Balaban J connectivity index is 2.28. The molecule has 0 saturated carbocycles. The van der Waals surface area contributed by atoms with E-state index < -0.39 is 11.9 Å². The molecule has 7 heteroatoms. The van der Waals surface area contributed by atoms with E-state index in [1.165, 1.54) is 18.3 Å². The van der Waals surface area contributed by atoms with Gasteiger partial charge in [0.25, 0.3) is 5.91 Å². The van der Waals surface area contributed by atoms with Crippen molar-refractivity contribution in [2.75, 3.05) is 5.32 Å². The standard InChI is InChI=1S/C10H7N3O3S/c14-9(12-8-5-11-13-17-8)6-3-1-2-4-7(6)10(15)16/h1-5H,(H,12,14)(H,15,16). The molecule has 2 aromatic rings. The summed E-state index contributed by atoms with van der Waals surface area (Å²) in [6, 6.07) is 6.00. The molecule has 2 N–H and O–H groups in total. The van der Waals surface area contributed by atoms with Gasteiger partial charge in [-0.3, -0.25) is 4.79 Å². The minimum Gasteiger partial charge on any atom is -0.478 e. The molecular weight excluding hydrogens is 242 g/mol. The predicted octanol–water partition coefficient (Wildman–Crippen LogP) is 1.49. The highest BCUT2D eigenvalue weighted by Crippen LogP contribution is 2.14. The van der Waals surface area contributed by atoms with Crippen molar-refractivity contribution in [1.82, 2.24) is 9.59 Å². The Morgan fingerprint density at radius 2 is 1.94 bits per heavy atom. The third-order valence-electron chi connectivity index (χ3n) is 2.00. The number of hydrogen-bond donors (Lipinski definition) is 2.